The molecule has 1 N–H and O–H groups in total. The minimum Gasteiger partial charge on any atom is -0.378 e. The van der Waals surface area contributed by atoms with E-state index >= 15 is 0 Å². The fourth-order valence-electron chi connectivity index (χ4n) is 4.50. The maximum absolute atomic E-state index is 5.54. The van der Waals surface area contributed by atoms with Crippen molar-refractivity contribution in [1.82, 2.24) is 19.7 Å². The number of aromatic nitrogens is 4. The SMILES string of the molecule is Cc1nn(C)c2cc(-c3cc(Nc4ccc(C5=NN=CC5)cc4)nc(N4CCOCC4)n3)ccc12. The van der Waals surface area contributed by atoms with Gasteiger partial charge in [0.2, 0.25) is 5.95 Å². The lowest BCUT2D eigenvalue weighted by Gasteiger charge is -2.27. The number of hydrogen-bond acceptors (Lipinski definition) is 8. The molecule has 1 saturated heterocycles. The molecular weight excluding hydrogens is 440 g/mol. The van der Waals surface area contributed by atoms with Gasteiger partial charge in [-0.2, -0.15) is 20.3 Å². The van der Waals surface area contributed by atoms with Gasteiger partial charge in [0.15, 0.2) is 0 Å². The van der Waals surface area contributed by atoms with Crippen LogP contribution in [0.4, 0.5) is 17.5 Å². The van der Waals surface area contributed by atoms with Crippen LogP contribution in [0.5, 0.6) is 0 Å². The van der Waals surface area contributed by atoms with E-state index in [1.54, 1.807) is 0 Å². The first-order chi connectivity index (χ1) is 17.1. The Hall–Kier alpha value is -4.11. The molecule has 0 amide bonds. The van der Waals surface area contributed by atoms with Crippen LogP contribution < -0.4 is 10.2 Å². The van der Waals surface area contributed by atoms with Crippen molar-refractivity contribution in [3.05, 3.63) is 59.8 Å². The predicted octanol–water partition coefficient (Wildman–Crippen LogP) is 4.10. The fraction of sp³-hybridized carbons (Fsp3) is 0.269. The van der Waals surface area contributed by atoms with Crippen molar-refractivity contribution in [2.45, 2.75) is 13.3 Å². The van der Waals surface area contributed by atoms with Crippen molar-refractivity contribution in [3.8, 4) is 11.3 Å². The monoisotopic (exact) mass is 466 g/mol. The first kappa shape index (κ1) is 21.4. The lowest BCUT2D eigenvalue weighted by Crippen LogP contribution is -2.37. The van der Waals surface area contributed by atoms with Crippen LogP contribution in [-0.4, -0.2) is 58.0 Å². The highest BCUT2D eigenvalue weighted by molar-refractivity contribution is 6.09. The molecule has 1 fully saturated rings. The minimum absolute atomic E-state index is 0.672. The van der Waals surface area contributed by atoms with Gasteiger partial charge in [-0.15, -0.1) is 0 Å². The number of fused-ring (bicyclic) bond motifs is 1. The average Bonchev–Trinajstić information content (AvgIpc) is 3.53. The van der Waals surface area contributed by atoms with E-state index in [9.17, 15) is 0 Å². The van der Waals surface area contributed by atoms with Gasteiger partial charge in [0.05, 0.1) is 35.8 Å². The van der Waals surface area contributed by atoms with Gasteiger partial charge in [0.1, 0.15) is 5.82 Å². The van der Waals surface area contributed by atoms with Gasteiger partial charge in [-0.3, -0.25) is 4.68 Å². The molecule has 0 bridgehead atoms. The Labute approximate surface area is 203 Å². The van der Waals surface area contributed by atoms with E-state index in [1.165, 1.54) is 0 Å². The number of nitrogens with one attached hydrogen (secondary N) is 1. The maximum Gasteiger partial charge on any atom is 0.228 e. The molecule has 0 radical (unpaired) electrons. The molecule has 2 aliphatic rings. The highest BCUT2D eigenvalue weighted by atomic mass is 16.5. The van der Waals surface area contributed by atoms with Gasteiger partial charge in [0, 0.05) is 55.5 Å². The molecule has 0 aliphatic carbocycles. The largest absolute Gasteiger partial charge is 0.378 e. The zero-order valence-electron chi connectivity index (χ0n) is 19.8. The molecule has 9 heteroatoms. The van der Waals surface area contributed by atoms with Crippen LogP contribution in [0.1, 0.15) is 17.7 Å². The van der Waals surface area contributed by atoms with Crippen LogP contribution in [0.25, 0.3) is 22.2 Å². The molecule has 0 atom stereocenters. The summed E-state index contributed by atoms with van der Waals surface area (Å²) in [4.78, 5) is 12.0. The van der Waals surface area contributed by atoms with E-state index < -0.39 is 0 Å². The smallest absolute Gasteiger partial charge is 0.228 e. The molecule has 6 rings (SSSR count). The van der Waals surface area contributed by atoms with Gasteiger partial charge >= 0.3 is 0 Å². The number of benzene rings is 2. The molecule has 35 heavy (non-hydrogen) atoms. The summed E-state index contributed by atoms with van der Waals surface area (Å²) in [6.07, 6.45) is 2.59. The molecular formula is C26H26N8O. The van der Waals surface area contributed by atoms with Crippen LogP contribution in [0, 0.1) is 6.92 Å². The number of ether oxygens (including phenoxy) is 1. The molecule has 0 saturated carbocycles. The number of hydrogen-bond donors (Lipinski definition) is 1. The van der Waals surface area contributed by atoms with Gasteiger partial charge in [-0.25, -0.2) is 4.98 Å². The zero-order chi connectivity index (χ0) is 23.8. The van der Waals surface area contributed by atoms with Crippen LogP contribution in [-0.2, 0) is 11.8 Å². The third-order valence-corrected chi connectivity index (χ3v) is 6.38. The van der Waals surface area contributed by atoms with Crippen LogP contribution in [0.3, 0.4) is 0 Å². The van der Waals surface area contributed by atoms with E-state index in [-0.39, 0.29) is 0 Å². The molecule has 176 valence electrons. The Kier molecular flexibility index (Phi) is 5.46. The highest BCUT2D eigenvalue weighted by Crippen LogP contribution is 2.29. The summed E-state index contributed by atoms with van der Waals surface area (Å²) in [6, 6.07) is 16.5. The standard InChI is InChI=1S/C26H26N8O/c1-17-21-8-5-19(15-24(21)33(2)32-17)23-16-25(30-26(29-23)34-11-13-35-14-12-34)28-20-6-3-18(4-7-20)22-9-10-27-31-22/h3-8,10,15-16H,9,11-14H2,1-2H3,(H,28,29,30). The minimum atomic E-state index is 0.672. The van der Waals surface area contributed by atoms with Crippen molar-refractivity contribution in [1.29, 1.82) is 0 Å². The van der Waals surface area contributed by atoms with E-state index in [1.807, 2.05) is 43.1 Å². The third kappa shape index (κ3) is 4.26. The van der Waals surface area contributed by atoms with Gasteiger partial charge < -0.3 is 15.0 Å². The fourth-order valence-corrected chi connectivity index (χ4v) is 4.50. The van der Waals surface area contributed by atoms with E-state index in [0.717, 1.165) is 70.1 Å². The number of anilines is 3. The molecule has 4 aromatic rings. The summed E-state index contributed by atoms with van der Waals surface area (Å²) in [7, 11) is 1.97. The number of aryl methyl sites for hydroxylation is 2. The molecule has 0 unspecified atom stereocenters. The van der Waals surface area contributed by atoms with Crippen molar-refractivity contribution in [2.24, 2.45) is 17.3 Å². The molecule has 0 spiro atoms. The molecule has 2 aromatic heterocycles. The summed E-state index contributed by atoms with van der Waals surface area (Å²) in [6.45, 7) is 4.91. The second-order valence-electron chi connectivity index (χ2n) is 8.73. The van der Waals surface area contributed by atoms with Crippen LogP contribution in [0.2, 0.25) is 0 Å². The summed E-state index contributed by atoms with van der Waals surface area (Å²) >= 11 is 0. The first-order valence-corrected chi connectivity index (χ1v) is 11.8. The van der Waals surface area contributed by atoms with Gasteiger partial charge in [-0.1, -0.05) is 24.3 Å². The van der Waals surface area contributed by atoms with E-state index in [2.05, 4.69) is 55.9 Å². The second kappa shape index (κ2) is 8.92. The quantitative estimate of drug-likeness (QED) is 0.476. The van der Waals surface area contributed by atoms with Crippen molar-refractivity contribution >= 4 is 40.3 Å². The Morgan fingerprint density at radius 2 is 1.74 bits per heavy atom. The van der Waals surface area contributed by atoms with Crippen LogP contribution >= 0.6 is 0 Å². The molecule has 2 aliphatic heterocycles. The Morgan fingerprint density at radius 3 is 2.51 bits per heavy atom. The van der Waals surface area contributed by atoms with E-state index in [4.69, 9.17) is 14.7 Å². The van der Waals surface area contributed by atoms with Gasteiger partial charge in [-0.05, 0) is 30.7 Å². The Balaban J connectivity index is 1.36. The van der Waals surface area contributed by atoms with E-state index in [0.29, 0.717) is 19.2 Å². The van der Waals surface area contributed by atoms with Crippen molar-refractivity contribution < 1.29 is 4.74 Å². The summed E-state index contributed by atoms with van der Waals surface area (Å²) in [5.41, 5.74) is 6.99. The summed E-state index contributed by atoms with van der Waals surface area (Å²) in [5.74, 6) is 1.44. The summed E-state index contributed by atoms with van der Waals surface area (Å²) < 4.78 is 7.45. The maximum atomic E-state index is 5.54. The predicted molar refractivity (Wildman–Crippen MR) is 139 cm³/mol. The second-order valence-corrected chi connectivity index (χ2v) is 8.73. The van der Waals surface area contributed by atoms with Crippen molar-refractivity contribution in [3.63, 3.8) is 0 Å². The summed E-state index contributed by atoms with van der Waals surface area (Å²) in [5, 5.41) is 17.3. The number of nitrogens with zero attached hydrogens (tertiary/aromatic N) is 7. The van der Waals surface area contributed by atoms with Crippen LogP contribution in [0.15, 0.2) is 58.7 Å². The third-order valence-electron chi connectivity index (χ3n) is 6.38. The van der Waals surface area contributed by atoms with Crippen molar-refractivity contribution in [2.75, 3.05) is 36.5 Å². The molecule has 2 aromatic carbocycles. The molecule has 9 nitrogen and oxygen atoms in total. The Morgan fingerprint density at radius 1 is 0.943 bits per heavy atom. The normalized spacial score (nSPS) is 15.6. The molecule has 4 heterocycles. The first-order valence-electron chi connectivity index (χ1n) is 11.8. The van der Waals surface area contributed by atoms with Gasteiger partial charge in [0.25, 0.3) is 0 Å². The topological polar surface area (TPSA) is 92.8 Å². The lowest BCUT2D eigenvalue weighted by atomic mass is 10.1. The number of rotatable bonds is 5. The zero-order valence-corrected chi connectivity index (χ0v) is 19.8. The number of morpholine rings is 1. The Bertz CT molecular complexity index is 1450. The lowest BCUT2D eigenvalue weighted by molar-refractivity contribution is 0.122. The average molecular weight is 467 g/mol. The highest BCUT2D eigenvalue weighted by Gasteiger charge is 2.17.